The van der Waals surface area contributed by atoms with Gasteiger partial charge in [0.2, 0.25) is 11.8 Å². The third-order valence-electron chi connectivity index (χ3n) is 8.83. The van der Waals surface area contributed by atoms with Gasteiger partial charge >= 0.3 is 5.97 Å². The first kappa shape index (κ1) is 30.1. The lowest BCUT2D eigenvalue weighted by Crippen LogP contribution is -2.55. The van der Waals surface area contributed by atoms with Crippen LogP contribution in [0.15, 0.2) is 78.9 Å². The third-order valence-corrected chi connectivity index (χ3v) is 9.15. The van der Waals surface area contributed by atoms with E-state index in [1.807, 2.05) is 30.3 Å². The molecule has 0 aromatic heterocycles. The molecule has 2 saturated heterocycles. The number of carbonyl (C=O) groups is 4. The molecule has 230 valence electrons. The average Bonchev–Trinajstić information content (AvgIpc) is 3.39. The van der Waals surface area contributed by atoms with Crippen molar-refractivity contribution in [3.05, 3.63) is 89.5 Å². The number of benzene rings is 2. The Labute approximate surface area is 260 Å². The number of hydrogen-bond acceptors (Lipinski definition) is 7. The van der Waals surface area contributed by atoms with Crippen LogP contribution in [-0.4, -0.2) is 77.2 Å². The minimum Gasteiger partial charge on any atom is -0.455 e. The van der Waals surface area contributed by atoms with Crippen LogP contribution >= 0.6 is 11.6 Å². The maximum absolute atomic E-state index is 14.4. The summed E-state index contributed by atoms with van der Waals surface area (Å²) in [4.78, 5) is 58.4. The van der Waals surface area contributed by atoms with Gasteiger partial charge in [0.1, 0.15) is 23.7 Å². The number of cyclic esters (lactones) is 1. The molecule has 3 amide bonds. The predicted octanol–water partition coefficient (Wildman–Crippen LogP) is 2.96. The highest BCUT2D eigenvalue weighted by molar-refractivity contribution is 6.34. The summed E-state index contributed by atoms with van der Waals surface area (Å²) in [7, 11) is 0. The Balaban J connectivity index is 1.44. The zero-order valence-corrected chi connectivity index (χ0v) is 24.9. The Bertz CT molecular complexity index is 1510. The molecule has 11 heteroatoms. The van der Waals surface area contributed by atoms with E-state index in [0.29, 0.717) is 22.7 Å². The van der Waals surface area contributed by atoms with Gasteiger partial charge in [-0.2, -0.15) is 0 Å². The van der Waals surface area contributed by atoms with Crippen LogP contribution in [0.3, 0.4) is 0 Å². The summed E-state index contributed by atoms with van der Waals surface area (Å²) in [5, 5.41) is 13.2. The van der Waals surface area contributed by atoms with Crippen molar-refractivity contribution in [1.82, 2.24) is 10.2 Å². The summed E-state index contributed by atoms with van der Waals surface area (Å²) in [5.41, 5.74) is -0.356. The molecule has 2 aromatic carbocycles. The Morgan fingerprint density at radius 2 is 1.77 bits per heavy atom. The maximum atomic E-state index is 14.4. The summed E-state index contributed by atoms with van der Waals surface area (Å²) >= 11 is 6.48. The number of para-hydroxylation sites is 1. The number of rotatable bonds is 4. The fraction of sp³-hybridized carbons (Fsp3) is 0.394. The minimum atomic E-state index is -1.51. The van der Waals surface area contributed by atoms with Gasteiger partial charge in [-0.15, -0.1) is 0 Å². The number of carbonyl (C=O) groups excluding carboxylic acids is 4. The summed E-state index contributed by atoms with van der Waals surface area (Å²) < 4.78 is 12.8. The first-order valence-electron chi connectivity index (χ1n) is 14.8. The number of nitrogens with zero attached hydrogens (tertiary/aromatic N) is 2. The van der Waals surface area contributed by atoms with Gasteiger partial charge in [0.05, 0.1) is 35.4 Å². The second-order valence-electron chi connectivity index (χ2n) is 11.5. The number of esters is 1. The summed E-state index contributed by atoms with van der Waals surface area (Å²) in [6.07, 6.45) is 5.75. The number of hydrogen-bond donors (Lipinski definition) is 2. The summed E-state index contributed by atoms with van der Waals surface area (Å²) in [6, 6.07) is 14.3. The van der Waals surface area contributed by atoms with E-state index in [4.69, 9.17) is 21.1 Å². The molecule has 6 rings (SSSR count). The van der Waals surface area contributed by atoms with Crippen molar-refractivity contribution >= 4 is 41.0 Å². The van der Waals surface area contributed by atoms with Gasteiger partial charge in [0, 0.05) is 19.5 Å². The molecule has 2 fully saturated rings. The van der Waals surface area contributed by atoms with Gasteiger partial charge in [-0.1, -0.05) is 78.4 Å². The monoisotopic (exact) mass is 619 g/mol. The zero-order chi connectivity index (χ0) is 31.0. The van der Waals surface area contributed by atoms with E-state index in [1.54, 1.807) is 55.5 Å². The van der Waals surface area contributed by atoms with E-state index in [-0.39, 0.29) is 32.0 Å². The molecule has 4 aliphatic heterocycles. The van der Waals surface area contributed by atoms with Crippen molar-refractivity contribution in [1.29, 1.82) is 0 Å². The third kappa shape index (κ3) is 5.10. The van der Waals surface area contributed by atoms with Gasteiger partial charge in [-0.25, -0.2) is 0 Å². The molecule has 4 aliphatic rings. The number of allylic oxidation sites excluding steroid dienone is 1. The average molecular weight is 620 g/mol. The molecule has 2 aromatic rings. The van der Waals surface area contributed by atoms with E-state index in [0.717, 1.165) is 0 Å². The first-order valence-corrected chi connectivity index (χ1v) is 15.2. The molecule has 7 atom stereocenters. The Kier molecular flexibility index (Phi) is 8.32. The van der Waals surface area contributed by atoms with Gasteiger partial charge in [0.25, 0.3) is 5.91 Å². The first-order chi connectivity index (χ1) is 21.3. The highest BCUT2D eigenvalue weighted by Crippen LogP contribution is 2.53. The number of aliphatic hydroxyl groups excluding tert-OH is 1. The Morgan fingerprint density at radius 3 is 2.52 bits per heavy atom. The smallest absolute Gasteiger partial charge is 0.313 e. The second kappa shape index (κ2) is 12.2. The summed E-state index contributed by atoms with van der Waals surface area (Å²) in [5.74, 6) is -3.98. The van der Waals surface area contributed by atoms with Crippen molar-refractivity contribution in [3.8, 4) is 0 Å². The Hall–Kier alpha value is -3.99. The lowest BCUT2D eigenvalue weighted by Gasteiger charge is -2.35. The topological polar surface area (TPSA) is 125 Å². The molecule has 1 spiro atoms. The number of aliphatic hydroxyl groups is 1. The van der Waals surface area contributed by atoms with Crippen LogP contribution in [0.1, 0.15) is 31.4 Å². The van der Waals surface area contributed by atoms with Gasteiger partial charge in [0.15, 0.2) is 0 Å². The normalized spacial score (nSPS) is 32.9. The molecule has 0 saturated carbocycles. The minimum absolute atomic E-state index is 0.126. The van der Waals surface area contributed by atoms with Crippen LogP contribution in [0.2, 0.25) is 5.02 Å². The number of likely N-dealkylation sites (tertiary alicyclic amines) is 1. The van der Waals surface area contributed by atoms with E-state index in [1.165, 1.54) is 9.80 Å². The van der Waals surface area contributed by atoms with E-state index in [2.05, 4.69) is 5.32 Å². The van der Waals surface area contributed by atoms with Crippen LogP contribution in [0.5, 0.6) is 0 Å². The Morgan fingerprint density at radius 1 is 1.02 bits per heavy atom. The van der Waals surface area contributed by atoms with E-state index in [9.17, 15) is 24.3 Å². The number of ether oxygens (including phenoxy) is 2. The van der Waals surface area contributed by atoms with Crippen LogP contribution in [0.4, 0.5) is 5.69 Å². The van der Waals surface area contributed by atoms with E-state index >= 15 is 0 Å². The lowest BCUT2D eigenvalue weighted by molar-refractivity contribution is -0.161. The number of amides is 3. The fourth-order valence-corrected chi connectivity index (χ4v) is 7.18. The predicted molar refractivity (Wildman–Crippen MR) is 161 cm³/mol. The van der Waals surface area contributed by atoms with Gasteiger partial charge < -0.3 is 29.7 Å². The molecule has 0 radical (unpaired) electrons. The molecule has 2 N–H and O–H groups in total. The van der Waals surface area contributed by atoms with Gasteiger partial charge in [-0.05, 0) is 31.0 Å². The van der Waals surface area contributed by atoms with Crippen molar-refractivity contribution in [2.75, 3.05) is 24.6 Å². The second-order valence-corrected chi connectivity index (χ2v) is 11.9. The molecule has 44 heavy (non-hydrogen) atoms. The number of β-amino-alcohol motifs (C(OH)–C–C–N with tert-alkyl or cyclic N) is 1. The number of fused-ring (bicyclic) bond motifs is 2. The van der Waals surface area contributed by atoms with Crippen molar-refractivity contribution in [2.24, 2.45) is 11.8 Å². The zero-order valence-electron chi connectivity index (χ0n) is 24.2. The molecular formula is C33H34ClN3O7. The maximum Gasteiger partial charge on any atom is 0.313 e. The molecular weight excluding hydrogens is 586 g/mol. The molecule has 0 aliphatic carbocycles. The van der Waals surface area contributed by atoms with Crippen LogP contribution in [0, 0.1) is 11.8 Å². The van der Waals surface area contributed by atoms with Crippen LogP contribution < -0.4 is 10.2 Å². The molecule has 0 unspecified atom stereocenters. The van der Waals surface area contributed by atoms with E-state index < -0.39 is 59.5 Å². The standard InChI is InChI=1S/C33H34ClN3O7/c1-20-28(21-10-3-2-4-11-21)43-32(42)26-24(14-7-8-15-25(39)35-20)44-33-16-9-17-36(23-13-6-5-12-22(23)34)31(41)29(33)37(18-19-38)30(40)27(26)33/h2-7,9-14,16,20,24,26-29,38H,8,15,17-19H2,1H3,(H,35,39)/b14-7-/t20-,24-,26+,27+,28+,29-,33+/m1/s1. The molecule has 10 nitrogen and oxygen atoms in total. The number of nitrogens with one attached hydrogen (secondary N) is 1. The quantitative estimate of drug-likeness (QED) is 0.398. The van der Waals surface area contributed by atoms with Crippen molar-refractivity contribution in [2.45, 2.75) is 49.7 Å². The SMILES string of the molecule is C[C@H]1NC(=O)CC/C=C\[C@H]2O[C@]34C=CCN(c5ccccc5Cl)C(=O)[C@H]3N(CCO)C(=O)[C@@H]4[C@H]2C(=O)O[C@@H]1c1ccccc1. The molecule has 0 bridgehead atoms. The highest BCUT2D eigenvalue weighted by Gasteiger charge is 2.71. The lowest BCUT2D eigenvalue weighted by atomic mass is 9.77. The number of anilines is 1. The van der Waals surface area contributed by atoms with Crippen LogP contribution in [0.25, 0.3) is 0 Å². The van der Waals surface area contributed by atoms with Crippen molar-refractivity contribution < 1.29 is 33.8 Å². The van der Waals surface area contributed by atoms with Gasteiger partial charge in [-0.3, -0.25) is 19.2 Å². The van der Waals surface area contributed by atoms with Crippen LogP contribution in [-0.2, 0) is 28.7 Å². The fourth-order valence-electron chi connectivity index (χ4n) is 6.94. The summed E-state index contributed by atoms with van der Waals surface area (Å²) in [6.45, 7) is 1.41. The highest BCUT2D eigenvalue weighted by atomic mass is 35.5. The van der Waals surface area contributed by atoms with Crippen molar-refractivity contribution in [3.63, 3.8) is 0 Å². The number of halogens is 1. The largest absolute Gasteiger partial charge is 0.455 e. The molecule has 4 heterocycles.